The van der Waals surface area contributed by atoms with Crippen molar-refractivity contribution in [2.24, 2.45) is 0 Å². The summed E-state index contributed by atoms with van der Waals surface area (Å²) in [6.45, 7) is 5.71. The molecule has 0 saturated carbocycles. The molecule has 1 amide bonds. The molecule has 0 spiro atoms. The number of aromatic nitrogens is 1. The van der Waals surface area contributed by atoms with E-state index >= 15 is 0 Å². The predicted molar refractivity (Wildman–Crippen MR) is 87.0 cm³/mol. The van der Waals surface area contributed by atoms with Crippen LogP contribution in [0.1, 0.15) is 55.6 Å². The molecule has 0 aromatic carbocycles. The number of aromatic carboxylic acids is 1. The van der Waals surface area contributed by atoms with Crippen molar-refractivity contribution in [3.8, 4) is 0 Å². The van der Waals surface area contributed by atoms with Gasteiger partial charge >= 0.3 is 5.97 Å². The van der Waals surface area contributed by atoms with Crippen molar-refractivity contribution < 1.29 is 19.1 Å². The summed E-state index contributed by atoms with van der Waals surface area (Å²) in [7, 11) is 1.67. The van der Waals surface area contributed by atoms with Crippen LogP contribution in [0, 0.1) is 13.8 Å². The standard InChI is InChI=1S/C16H20N2O4S/c1-5-6-13-17-9(2)14(23-13)15(19)18(4)8-11-7-12(16(20)21)10(3)22-11/h7H,5-6,8H2,1-4H3,(H,20,21). The maximum Gasteiger partial charge on any atom is 0.339 e. The SMILES string of the molecule is CCCc1nc(C)c(C(=O)N(C)Cc2cc(C(=O)O)c(C)o2)s1. The summed E-state index contributed by atoms with van der Waals surface area (Å²) >= 11 is 1.42. The molecule has 0 bridgehead atoms. The number of aryl methyl sites for hydroxylation is 3. The summed E-state index contributed by atoms with van der Waals surface area (Å²) in [4.78, 5) is 30.1. The Morgan fingerprint density at radius 2 is 2.09 bits per heavy atom. The van der Waals surface area contributed by atoms with Gasteiger partial charge < -0.3 is 14.4 Å². The Bertz CT molecular complexity index is 733. The summed E-state index contributed by atoms with van der Waals surface area (Å²) in [6.07, 6.45) is 1.85. The number of nitrogens with zero attached hydrogens (tertiary/aromatic N) is 2. The Morgan fingerprint density at radius 3 is 2.65 bits per heavy atom. The van der Waals surface area contributed by atoms with Crippen molar-refractivity contribution in [1.82, 2.24) is 9.88 Å². The second-order valence-electron chi connectivity index (χ2n) is 5.42. The van der Waals surface area contributed by atoms with Gasteiger partial charge in [0.25, 0.3) is 5.91 Å². The summed E-state index contributed by atoms with van der Waals surface area (Å²) in [5.74, 6) is -0.374. The monoisotopic (exact) mass is 336 g/mol. The van der Waals surface area contributed by atoms with Crippen LogP contribution in [0.2, 0.25) is 0 Å². The number of furan rings is 1. The lowest BCUT2D eigenvalue weighted by atomic mass is 10.2. The minimum atomic E-state index is -1.03. The molecule has 7 heteroatoms. The lowest BCUT2D eigenvalue weighted by molar-refractivity contribution is 0.0694. The van der Waals surface area contributed by atoms with Crippen molar-refractivity contribution in [2.75, 3.05) is 7.05 Å². The van der Waals surface area contributed by atoms with Crippen LogP contribution in [-0.2, 0) is 13.0 Å². The first-order valence-electron chi connectivity index (χ1n) is 7.37. The Hall–Kier alpha value is -2.15. The van der Waals surface area contributed by atoms with Crippen LogP contribution in [0.3, 0.4) is 0 Å². The number of carboxylic acids is 1. The van der Waals surface area contributed by atoms with Crippen molar-refractivity contribution in [3.05, 3.63) is 38.7 Å². The number of carbonyl (C=O) groups is 2. The average Bonchev–Trinajstić information content (AvgIpc) is 3.01. The van der Waals surface area contributed by atoms with Gasteiger partial charge in [-0.3, -0.25) is 4.79 Å². The first-order valence-corrected chi connectivity index (χ1v) is 8.19. The van der Waals surface area contributed by atoms with E-state index in [0.29, 0.717) is 16.4 Å². The van der Waals surface area contributed by atoms with Gasteiger partial charge in [-0.15, -0.1) is 11.3 Å². The van der Waals surface area contributed by atoms with E-state index < -0.39 is 5.97 Å². The minimum Gasteiger partial charge on any atom is -0.478 e. The van der Waals surface area contributed by atoms with Crippen LogP contribution in [0.5, 0.6) is 0 Å². The molecule has 0 aliphatic heterocycles. The van der Waals surface area contributed by atoms with Crippen molar-refractivity contribution in [2.45, 2.75) is 40.2 Å². The third kappa shape index (κ3) is 3.79. The third-order valence-electron chi connectivity index (χ3n) is 3.44. The maximum absolute atomic E-state index is 12.6. The Balaban J connectivity index is 2.14. The molecule has 6 nitrogen and oxygen atoms in total. The van der Waals surface area contributed by atoms with E-state index in [1.54, 1.807) is 14.0 Å². The van der Waals surface area contributed by atoms with Crippen LogP contribution in [0.4, 0.5) is 0 Å². The molecule has 0 aliphatic rings. The van der Waals surface area contributed by atoms with Gasteiger partial charge in [-0.25, -0.2) is 9.78 Å². The first-order chi connectivity index (χ1) is 10.8. The predicted octanol–water partition coefficient (Wildman–Crippen LogP) is 3.28. The first kappa shape index (κ1) is 17.2. The molecule has 0 saturated heterocycles. The molecule has 0 aliphatic carbocycles. The van der Waals surface area contributed by atoms with Crippen molar-refractivity contribution >= 4 is 23.2 Å². The van der Waals surface area contributed by atoms with Gasteiger partial charge in [-0.05, 0) is 32.8 Å². The molecular weight excluding hydrogens is 316 g/mol. The zero-order valence-corrected chi connectivity index (χ0v) is 14.5. The van der Waals surface area contributed by atoms with E-state index in [1.807, 2.05) is 6.92 Å². The Kier molecular flexibility index (Phi) is 5.20. The lowest BCUT2D eigenvalue weighted by Gasteiger charge is -2.14. The zero-order chi connectivity index (χ0) is 17.1. The quantitative estimate of drug-likeness (QED) is 0.875. The largest absolute Gasteiger partial charge is 0.478 e. The number of hydrogen-bond donors (Lipinski definition) is 1. The second kappa shape index (κ2) is 6.95. The highest BCUT2D eigenvalue weighted by Gasteiger charge is 2.21. The lowest BCUT2D eigenvalue weighted by Crippen LogP contribution is -2.25. The molecule has 0 atom stereocenters. The number of amides is 1. The fraction of sp³-hybridized carbons (Fsp3) is 0.438. The fourth-order valence-corrected chi connectivity index (χ4v) is 3.45. The molecule has 0 radical (unpaired) electrons. The summed E-state index contributed by atoms with van der Waals surface area (Å²) in [5, 5.41) is 10.0. The highest BCUT2D eigenvalue weighted by Crippen LogP contribution is 2.22. The topological polar surface area (TPSA) is 83.6 Å². The van der Waals surface area contributed by atoms with Crippen LogP contribution in [0.15, 0.2) is 10.5 Å². The third-order valence-corrected chi connectivity index (χ3v) is 4.64. The summed E-state index contributed by atoms with van der Waals surface area (Å²) in [5.41, 5.74) is 0.859. The molecule has 1 N–H and O–H groups in total. The van der Waals surface area contributed by atoms with Crippen LogP contribution >= 0.6 is 11.3 Å². The number of carbonyl (C=O) groups excluding carboxylic acids is 1. The van der Waals surface area contributed by atoms with Gasteiger partial charge in [0.2, 0.25) is 0 Å². The molecule has 23 heavy (non-hydrogen) atoms. The van der Waals surface area contributed by atoms with Gasteiger partial charge in [0, 0.05) is 7.05 Å². The smallest absolute Gasteiger partial charge is 0.339 e. The maximum atomic E-state index is 12.6. The van der Waals surface area contributed by atoms with E-state index in [0.717, 1.165) is 23.5 Å². The fourth-order valence-electron chi connectivity index (χ4n) is 2.28. The molecule has 124 valence electrons. The van der Waals surface area contributed by atoms with Crippen LogP contribution < -0.4 is 0 Å². The van der Waals surface area contributed by atoms with Gasteiger partial charge in [-0.1, -0.05) is 6.92 Å². The number of rotatable bonds is 6. The molecule has 2 aromatic rings. The molecule has 0 unspecified atom stereocenters. The van der Waals surface area contributed by atoms with E-state index in [1.165, 1.54) is 22.3 Å². The molecule has 2 rings (SSSR count). The minimum absolute atomic E-state index is 0.125. The highest BCUT2D eigenvalue weighted by atomic mass is 32.1. The van der Waals surface area contributed by atoms with E-state index in [9.17, 15) is 9.59 Å². The van der Waals surface area contributed by atoms with Crippen molar-refractivity contribution in [3.63, 3.8) is 0 Å². The van der Waals surface area contributed by atoms with Gasteiger partial charge in [0.15, 0.2) is 0 Å². The number of thiazole rings is 1. The molecule has 0 fully saturated rings. The zero-order valence-electron chi connectivity index (χ0n) is 13.7. The van der Waals surface area contributed by atoms with Gasteiger partial charge in [0.05, 0.1) is 17.2 Å². The molecular formula is C16H20N2O4S. The van der Waals surface area contributed by atoms with Crippen LogP contribution in [0.25, 0.3) is 0 Å². The molecule has 2 aromatic heterocycles. The average molecular weight is 336 g/mol. The Labute approximate surface area is 138 Å². The van der Waals surface area contributed by atoms with Gasteiger partial charge in [0.1, 0.15) is 22.0 Å². The van der Waals surface area contributed by atoms with Crippen molar-refractivity contribution in [1.29, 1.82) is 0 Å². The normalized spacial score (nSPS) is 10.8. The Morgan fingerprint density at radius 1 is 1.39 bits per heavy atom. The summed E-state index contributed by atoms with van der Waals surface area (Å²) < 4.78 is 5.42. The van der Waals surface area contributed by atoms with Crippen LogP contribution in [-0.4, -0.2) is 33.9 Å². The summed E-state index contributed by atoms with van der Waals surface area (Å²) in [6, 6.07) is 1.46. The highest BCUT2D eigenvalue weighted by molar-refractivity contribution is 7.13. The van der Waals surface area contributed by atoms with E-state index in [2.05, 4.69) is 11.9 Å². The second-order valence-corrected chi connectivity index (χ2v) is 6.50. The number of carboxylic acid groups (broad SMARTS) is 1. The van der Waals surface area contributed by atoms with Gasteiger partial charge in [-0.2, -0.15) is 0 Å². The van der Waals surface area contributed by atoms with E-state index in [4.69, 9.17) is 9.52 Å². The van der Waals surface area contributed by atoms with E-state index in [-0.39, 0.29) is 18.0 Å². The number of hydrogen-bond acceptors (Lipinski definition) is 5. The molecule has 2 heterocycles.